The van der Waals surface area contributed by atoms with E-state index in [9.17, 15) is 23.6 Å². The Morgan fingerprint density at radius 2 is 1.75 bits per heavy atom. The quantitative estimate of drug-likeness (QED) is 0.309. The van der Waals surface area contributed by atoms with Gasteiger partial charge in [0, 0.05) is 19.5 Å². The Labute approximate surface area is 159 Å². The van der Waals surface area contributed by atoms with Crippen LogP contribution in [0.5, 0.6) is 0 Å². The third-order valence-corrected chi connectivity index (χ3v) is 3.56. The lowest BCUT2D eigenvalue weighted by molar-refractivity contribution is -0.140. The highest BCUT2D eigenvalue weighted by molar-refractivity contribution is 5.92. The van der Waals surface area contributed by atoms with Crippen LogP contribution < -0.4 is 16.0 Å². The number of amides is 3. The van der Waals surface area contributed by atoms with E-state index in [-0.39, 0.29) is 25.1 Å². The van der Waals surface area contributed by atoms with Crippen LogP contribution in [0.25, 0.3) is 0 Å². The first-order valence-electron chi connectivity index (χ1n) is 8.54. The molecule has 1 heterocycles. The molecule has 0 aliphatic rings. The molecule has 5 N–H and O–H groups in total. The summed E-state index contributed by atoms with van der Waals surface area (Å²) in [6, 6.07) is -1.99. The highest BCUT2D eigenvalue weighted by Gasteiger charge is 2.20. The van der Waals surface area contributed by atoms with Crippen LogP contribution in [-0.4, -0.2) is 63.2 Å². The van der Waals surface area contributed by atoms with E-state index in [4.69, 9.17) is 10.2 Å². The smallest absolute Gasteiger partial charge is 0.326 e. The van der Waals surface area contributed by atoms with Gasteiger partial charge in [0.05, 0.1) is 6.20 Å². The Balaban J connectivity index is 2.15. The standard InChI is InChI=1S/C16H22FN5O6/c17-10-8-18-9-21-13(10)14(25)19-6-2-1-3-7-20-16(28)22-11(15(26)27)4-5-12(23)24/h8-9,11H,1-7H2,(H,19,25)(H,23,24)(H,26,27)(H2,20,22,28)/t11-/m0/s1/i17-1. The molecule has 0 aromatic carbocycles. The average molecular weight is 398 g/mol. The van der Waals surface area contributed by atoms with E-state index in [0.717, 1.165) is 12.5 Å². The molecule has 0 saturated carbocycles. The van der Waals surface area contributed by atoms with Crippen LogP contribution in [0.15, 0.2) is 12.5 Å². The molecule has 0 saturated heterocycles. The summed E-state index contributed by atoms with van der Waals surface area (Å²) in [5.41, 5.74) is -0.329. The molecular formula is C16H22FN5O6. The van der Waals surface area contributed by atoms with Crippen molar-refractivity contribution < 1.29 is 33.8 Å². The van der Waals surface area contributed by atoms with Gasteiger partial charge in [0.25, 0.3) is 5.91 Å². The second-order valence-electron chi connectivity index (χ2n) is 5.76. The molecule has 28 heavy (non-hydrogen) atoms. The van der Waals surface area contributed by atoms with E-state index >= 15 is 0 Å². The summed E-state index contributed by atoms with van der Waals surface area (Å²) in [6.45, 7) is 0.566. The van der Waals surface area contributed by atoms with Crippen molar-refractivity contribution in [3.05, 3.63) is 24.0 Å². The summed E-state index contributed by atoms with van der Waals surface area (Å²) in [4.78, 5) is 51.8. The fraction of sp³-hybridized carbons (Fsp3) is 0.500. The highest BCUT2D eigenvalue weighted by Crippen LogP contribution is 2.01. The third kappa shape index (κ3) is 8.87. The molecule has 3 amide bonds. The second kappa shape index (κ2) is 12.1. The number of aliphatic carboxylic acids is 2. The third-order valence-electron chi connectivity index (χ3n) is 3.56. The summed E-state index contributed by atoms with van der Waals surface area (Å²) in [6.07, 6.45) is 3.18. The first-order chi connectivity index (χ1) is 13.3. The van der Waals surface area contributed by atoms with Crippen molar-refractivity contribution in [2.45, 2.75) is 38.1 Å². The number of nitrogens with one attached hydrogen (secondary N) is 3. The van der Waals surface area contributed by atoms with E-state index in [2.05, 4.69) is 25.9 Å². The normalized spacial score (nSPS) is 11.3. The van der Waals surface area contributed by atoms with Crippen molar-refractivity contribution in [1.29, 1.82) is 0 Å². The molecule has 1 aromatic rings. The summed E-state index contributed by atoms with van der Waals surface area (Å²) in [7, 11) is 0. The van der Waals surface area contributed by atoms with Gasteiger partial charge in [-0.05, 0) is 25.7 Å². The molecule has 0 aliphatic heterocycles. The van der Waals surface area contributed by atoms with E-state index in [1.54, 1.807) is 0 Å². The number of unbranched alkanes of at least 4 members (excludes halogenated alkanes) is 2. The summed E-state index contributed by atoms with van der Waals surface area (Å²) in [5, 5.41) is 24.7. The molecule has 0 fully saturated rings. The number of hydrogen-bond donors (Lipinski definition) is 5. The maximum absolute atomic E-state index is 13.3. The number of rotatable bonds is 12. The molecule has 12 heteroatoms. The zero-order chi connectivity index (χ0) is 20.9. The van der Waals surface area contributed by atoms with Gasteiger partial charge in [-0.15, -0.1) is 0 Å². The highest BCUT2D eigenvalue weighted by atomic mass is 18.2. The van der Waals surface area contributed by atoms with Crippen LogP contribution >= 0.6 is 0 Å². The van der Waals surface area contributed by atoms with Gasteiger partial charge in [0.15, 0.2) is 11.5 Å². The van der Waals surface area contributed by atoms with Gasteiger partial charge in [-0.25, -0.2) is 23.9 Å². The molecule has 0 aliphatic carbocycles. The van der Waals surface area contributed by atoms with Crippen LogP contribution in [0.1, 0.15) is 42.6 Å². The molecule has 1 aromatic heterocycles. The molecule has 1 atom stereocenters. The fourth-order valence-electron chi connectivity index (χ4n) is 2.13. The number of carbonyl (C=O) groups is 4. The van der Waals surface area contributed by atoms with Crippen molar-refractivity contribution in [1.82, 2.24) is 25.9 Å². The molecule has 11 nitrogen and oxygen atoms in total. The monoisotopic (exact) mass is 398 g/mol. The molecule has 0 radical (unpaired) electrons. The number of urea groups is 1. The Kier molecular flexibility index (Phi) is 9.86. The van der Waals surface area contributed by atoms with E-state index in [1.165, 1.54) is 0 Å². The van der Waals surface area contributed by atoms with E-state index < -0.39 is 35.7 Å². The van der Waals surface area contributed by atoms with Crippen LogP contribution in [0.3, 0.4) is 0 Å². The number of nitrogens with zero attached hydrogens (tertiary/aromatic N) is 2. The Bertz CT molecular complexity index is 702. The summed E-state index contributed by atoms with van der Waals surface area (Å²) in [5.74, 6) is -3.91. The first-order valence-corrected chi connectivity index (χ1v) is 8.54. The first kappa shape index (κ1) is 22.7. The minimum atomic E-state index is -1.31. The van der Waals surface area contributed by atoms with Crippen LogP contribution in [-0.2, 0) is 9.59 Å². The molecule has 0 spiro atoms. The summed E-state index contributed by atoms with van der Waals surface area (Å²) < 4.78 is 13.3. The molecular weight excluding hydrogens is 376 g/mol. The van der Waals surface area contributed by atoms with Gasteiger partial charge < -0.3 is 26.2 Å². The topological polar surface area (TPSA) is 171 Å². The van der Waals surface area contributed by atoms with Crippen molar-refractivity contribution in [2.24, 2.45) is 0 Å². The second-order valence-corrected chi connectivity index (χ2v) is 5.76. The lowest BCUT2D eigenvalue weighted by atomic mass is 10.1. The minimum Gasteiger partial charge on any atom is -0.481 e. The molecule has 0 unspecified atom stereocenters. The average Bonchev–Trinajstić information content (AvgIpc) is 2.64. The number of hydrogen-bond acceptors (Lipinski definition) is 6. The predicted octanol–water partition coefficient (Wildman–Crippen LogP) is 0.133. The lowest BCUT2D eigenvalue weighted by Crippen LogP contribution is -2.46. The number of carboxylic acids is 2. The number of aromatic nitrogens is 2. The van der Waals surface area contributed by atoms with Gasteiger partial charge in [-0.2, -0.15) is 0 Å². The van der Waals surface area contributed by atoms with E-state index in [1.807, 2.05) is 0 Å². The maximum Gasteiger partial charge on any atom is 0.326 e. The van der Waals surface area contributed by atoms with Gasteiger partial charge in [-0.1, -0.05) is 0 Å². The Morgan fingerprint density at radius 1 is 1.07 bits per heavy atom. The maximum atomic E-state index is 13.3. The molecule has 1 rings (SSSR count). The zero-order valence-corrected chi connectivity index (χ0v) is 15.0. The largest absolute Gasteiger partial charge is 0.481 e. The molecule has 0 bridgehead atoms. The predicted molar refractivity (Wildman–Crippen MR) is 93.0 cm³/mol. The van der Waals surface area contributed by atoms with Crippen molar-refractivity contribution in [3.8, 4) is 0 Å². The van der Waals surface area contributed by atoms with Crippen molar-refractivity contribution in [2.75, 3.05) is 13.1 Å². The van der Waals surface area contributed by atoms with E-state index in [0.29, 0.717) is 25.8 Å². The van der Waals surface area contributed by atoms with Gasteiger partial charge in [0.2, 0.25) is 0 Å². The SMILES string of the molecule is O=C(O)CC[C@H](NC(=O)NCCCCCNC(=O)c1ncncc1[18F])C(=O)O. The summed E-state index contributed by atoms with van der Waals surface area (Å²) >= 11 is 0. The van der Waals surface area contributed by atoms with Crippen molar-refractivity contribution >= 4 is 23.9 Å². The van der Waals surface area contributed by atoms with Crippen LogP contribution in [0.4, 0.5) is 9.18 Å². The van der Waals surface area contributed by atoms with Gasteiger partial charge >= 0.3 is 18.0 Å². The fourth-order valence-corrected chi connectivity index (χ4v) is 2.13. The number of carboxylic acid groups (broad SMARTS) is 2. The lowest BCUT2D eigenvalue weighted by Gasteiger charge is -2.14. The van der Waals surface area contributed by atoms with Gasteiger partial charge in [-0.3, -0.25) is 9.59 Å². The molecule has 154 valence electrons. The Morgan fingerprint density at radius 3 is 2.36 bits per heavy atom. The van der Waals surface area contributed by atoms with Crippen LogP contribution in [0.2, 0.25) is 0 Å². The van der Waals surface area contributed by atoms with Crippen molar-refractivity contribution in [3.63, 3.8) is 0 Å². The van der Waals surface area contributed by atoms with Crippen LogP contribution in [0, 0.1) is 5.82 Å². The zero-order valence-electron chi connectivity index (χ0n) is 15.0. The number of halogens is 1. The van der Waals surface area contributed by atoms with Gasteiger partial charge in [0.1, 0.15) is 12.4 Å². The number of carbonyl (C=O) groups excluding carboxylic acids is 2. The Hall–Kier alpha value is -3.31. The minimum absolute atomic E-state index is 0.218.